The van der Waals surface area contributed by atoms with Gasteiger partial charge in [0.2, 0.25) is 11.8 Å². The molecule has 5 amide bonds. The fourth-order valence-electron chi connectivity index (χ4n) is 4.82. The molecule has 35 heavy (non-hydrogen) atoms. The molecule has 3 heterocycles. The van der Waals surface area contributed by atoms with Gasteiger partial charge < -0.3 is 9.88 Å². The minimum absolute atomic E-state index is 0.0419. The van der Waals surface area contributed by atoms with Crippen LogP contribution in [0.25, 0.3) is 11.0 Å². The summed E-state index contributed by atoms with van der Waals surface area (Å²) in [6, 6.07) is 8.71. The molecule has 3 aliphatic rings. The third kappa shape index (κ3) is 3.40. The number of rotatable bonds is 4. The van der Waals surface area contributed by atoms with Gasteiger partial charge in [0, 0.05) is 30.6 Å². The molecule has 6 rings (SSSR count). The predicted octanol–water partition coefficient (Wildman–Crippen LogP) is 2.10. The summed E-state index contributed by atoms with van der Waals surface area (Å²) < 4.78 is 2.08. The molecule has 0 bridgehead atoms. The van der Waals surface area contributed by atoms with Crippen LogP contribution in [0.2, 0.25) is 0 Å². The van der Waals surface area contributed by atoms with Gasteiger partial charge in [-0.3, -0.25) is 34.2 Å². The largest absolute Gasteiger partial charge is 0.331 e. The van der Waals surface area contributed by atoms with Crippen LogP contribution < -0.4 is 10.6 Å². The topological polar surface area (TPSA) is 130 Å². The Kier molecular flexibility index (Phi) is 4.60. The Morgan fingerprint density at radius 1 is 1.00 bits per heavy atom. The lowest BCUT2D eigenvalue weighted by Crippen LogP contribution is -2.54. The number of carbonyl (C=O) groups is 5. The lowest BCUT2D eigenvalue weighted by molar-refractivity contribution is -0.136. The third-order valence-electron chi connectivity index (χ3n) is 6.82. The molecule has 10 heteroatoms. The monoisotopic (exact) mass is 471 g/mol. The second-order valence-electron chi connectivity index (χ2n) is 9.17. The van der Waals surface area contributed by atoms with Crippen molar-refractivity contribution < 1.29 is 24.0 Å². The molecule has 2 fully saturated rings. The summed E-state index contributed by atoms with van der Waals surface area (Å²) in [6.45, 7) is 0. The number of hydrogen-bond acceptors (Lipinski definition) is 6. The average molecular weight is 471 g/mol. The summed E-state index contributed by atoms with van der Waals surface area (Å²) in [4.78, 5) is 68.0. The van der Waals surface area contributed by atoms with Crippen LogP contribution in [0.1, 0.15) is 68.5 Å². The van der Waals surface area contributed by atoms with E-state index < -0.39 is 35.6 Å². The second-order valence-corrected chi connectivity index (χ2v) is 9.17. The van der Waals surface area contributed by atoms with Crippen molar-refractivity contribution in [2.24, 2.45) is 7.05 Å². The molecule has 1 saturated carbocycles. The van der Waals surface area contributed by atoms with E-state index in [1.165, 1.54) is 18.2 Å². The van der Waals surface area contributed by atoms with E-state index in [-0.39, 0.29) is 29.5 Å². The summed E-state index contributed by atoms with van der Waals surface area (Å²) >= 11 is 0. The molecule has 10 nitrogen and oxygen atoms in total. The summed E-state index contributed by atoms with van der Waals surface area (Å²) in [5.74, 6) is -1.28. The quantitative estimate of drug-likeness (QED) is 0.561. The van der Waals surface area contributed by atoms with Gasteiger partial charge in [0.1, 0.15) is 11.9 Å². The van der Waals surface area contributed by atoms with Gasteiger partial charge >= 0.3 is 0 Å². The van der Waals surface area contributed by atoms with Crippen molar-refractivity contribution in [2.45, 2.75) is 37.6 Å². The first-order valence-electron chi connectivity index (χ1n) is 11.4. The van der Waals surface area contributed by atoms with Crippen LogP contribution >= 0.6 is 0 Å². The molecule has 176 valence electrons. The summed E-state index contributed by atoms with van der Waals surface area (Å²) in [7, 11) is 1.99. The van der Waals surface area contributed by atoms with Gasteiger partial charge in [0.15, 0.2) is 0 Å². The Morgan fingerprint density at radius 2 is 1.77 bits per heavy atom. The lowest BCUT2D eigenvalue weighted by Gasteiger charge is -2.27. The highest BCUT2D eigenvalue weighted by molar-refractivity contribution is 6.24. The second kappa shape index (κ2) is 7.59. The van der Waals surface area contributed by atoms with E-state index in [1.807, 2.05) is 19.2 Å². The smallest absolute Gasteiger partial charge is 0.262 e. The van der Waals surface area contributed by atoms with Crippen molar-refractivity contribution in [1.29, 1.82) is 0 Å². The molecule has 0 spiro atoms. The van der Waals surface area contributed by atoms with Gasteiger partial charge in [-0.25, -0.2) is 4.98 Å². The van der Waals surface area contributed by atoms with E-state index in [4.69, 9.17) is 4.98 Å². The third-order valence-corrected chi connectivity index (χ3v) is 6.82. The number of nitrogens with zero attached hydrogens (tertiary/aromatic N) is 3. The maximum atomic E-state index is 13.0. The fraction of sp³-hybridized carbons (Fsp3) is 0.280. The minimum Gasteiger partial charge on any atom is -0.331 e. The zero-order valence-electron chi connectivity index (χ0n) is 18.8. The summed E-state index contributed by atoms with van der Waals surface area (Å²) in [5.41, 5.74) is 2.73. The summed E-state index contributed by atoms with van der Waals surface area (Å²) in [6.07, 6.45) is 2.39. The molecule has 2 N–H and O–H groups in total. The number of aromatic nitrogens is 2. The lowest BCUT2D eigenvalue weighted by atomic mass is 10.0. The molecule has 1 aromatic heterocycles. The normalized spacial score (nSPS) is 19.8. The Labute approximate surface area is 199 Å². The molecule has 2 aromatic carbocycles. The summed E-state index contributed by atoms with van der Waals surface area (Å²) in [5, 5.41) is 4.99. The van der Waals surface area contributed by atoms with Crippen molar-refractivity contribution in [1.82, 2.24) is 19.8 Å². The van der Waals surface area contributed by atoms with Crippen LogP contribution in [-0.2, 0) is 16.6 Å². The van der Waals surface area contributed by atoms with Gasteiger partial charge in [0.05, 0.1) is 22.2 Å². The SMILES string of the molecule is Cn1c(C2CC2)nc2cc(NC(=O)c3ccc4c(c3)C(=O)N(C3CCC(=O)NC3=O)C4=O)ccc21. The zero-order chi connectivity index (χ0) is 24.4. The number of piperidine rings is 1. The van der Waals surface area contributed by atoms with E-state index in [0.29, 0.717) is 11.6 Å². The number of nitrogens with one attached hydrogen (secondary N) is 2. The Balaban J connectivity index is 1.24. The van der Waals surface area contributed by atoms with Gasteiger partial charge in [-0.05, 0) is 55.7 Å². The average Bonchev–Trinajstić information content (AvgIpc) is 3.59. The van der Waals surface area contributed by atoms with Crippen LogP contribution in [0.3, 0.4) is 0 Å². The number of fused-ring (bicyclic) bond motifs is 2. The number of carbonyl (C=O) groups excluding carboxylic acids is 5. The Hall–Kier alpha value is -4.34. The molecule has 1 saturated heterocycles. The number of aryl methyl sites for hydroxylation is 1. The predicted molar refractivity (Wildman–Crippen MR) is 124 cm³/mol. The number of benzene rings is 2. The highest BCUT2D eigenvalue weighted by Gasteiger charge is 2.44. The van der Waals surface area contributed by atoms with Gasteiger partial charge in [-0.15, -0.1) is 0 Å². The van der Waals surface area contributed by atoms with E-state index in [1.54, 1.807) is 6.07 Å². The van der Waals surface area contributed by atoms with Crippen LogP contribution in [0.15, 0.2) is 36.4 Å². The van der Waals surface area contributed by atoms with Crippen molar-refractivity contribution in [2.75, 3.05) is 5.32 Å². The molecular weight excluding hydrogens is 450 g/mol. The first-order chi connectivity index (χ1) is 16.8. The Bertz CT molecular complexity index is 1480. The van der Waals surface area contributed by atoms with E-state index in [9.17, 15) is 24.0 Å². The van der Waals surface area contributed by atoms with Gasteiger partial charge in [-0.1, -0.05) is 0 Å². The number of hydrogen-bond donors (Lipinski definition) is 2. The highest BCUT2D eigenvalue weighted by atomic mass is 16.2. The van der Waals surface area contributed by atoms with Crippen molar-refractivity contribution in [3.63, 3.8) is 0 Å². The first kappa shape index (κ1) is 21.2. The maximum absolute atomic E-state index is 13.0. The standard InChI is InChI=1S/C25H21N5O5/c1-29-18-7-5-14(11-17(18)27-21(29)12-2-3-12)26-22(32)13-4-6-15-16(10-13)25(35)30(24(15)34)19-8-9-20(31)28-23(19)33/h4-7,10-12,19H,2-3,8-9H2,1H3,(H,26,32)(H,28,31,33). The molecule has 1 aliphatic carbocycles. The van der Waals surface area contributed by atoms with E-state index in [0.717, 1.165) is 34.6 Å². The Morgan fingerprint density at radius 3 is 2.51 bits per heavy atom. The van der Waals surface area contributed by atoms with Crippen molar-refractivity contribution >= 4 is 46.3 Å². The molecule has 1 atom stereocenters. The molecule has 3 aromatic rings. The highest BCUT2D eigenvalue weighted by Crippen LogP contribution is 2.40. The van der Waals surface area contributed by atoms with Crippen LogP contribution in [0, 0.1) is 0 Å². The van der Waals surface area contributed by atoms with Crippen molar-refractivity contribution in [3.8, 4) is 0 Å². The van der Waals surface area contributed by atoms with Gasteiger partial charge in [-0.2, -0.15) is 0 Å². The molecular formula is C25H21N5O5. The van der Waals surface area contributed by atoms with Crippen LogP contribution in [-0.4, -0.2) is 50.0 Å². The minimum atomic E-state index is -1.05. The number of imide groups is 2. The molecule has 0 radical (unpaired) electrons. The van der Waals surface area contributed by atoms with Crippen molar-refractivity contribution in [3.05, 3.63) is 58.9 Å². The van der Waals surface area contributed by atoms with Gasteiger partial charge in [0.25, 0.3) is 17.7 Å². The zero-order valence-corrected chi connectivity index (χ0v) is 18.8. The molecule has 1 unspecified atom stereocenters. The molecule has 2 aliphatic heterocycles. The maximum Gasteiger partial charge on any atom is 0.262 e. The first-order valence-corrected chi connectivity index (χ1v) is 11.4. The fourth-order valence-corrected chi connectivity index (χ4v) is 4.82. The van der Waals surface area contributed by atoms with Crippen LogP contribution in [0.4, 0.5) is 5.69 Å². The number of amides is 5. The number of imidazole rings is 1. The van der Waals surface area contributed by atoms with E-state index in [2.05, 4.69) is 15.2 Å². The van der Waals surface area contributed by atoms with Crippen LogP contribution in [0.5, 0.6) is 0 Å². The van der Waals surface area contributed by atoms with E-state index >= 15 is 0 Å². The number of anilines is 1.